The van der Waals surface area contributed by atoms with Crippen molar-refractivity contribution < 1.29 is 0 Å². The molecule has 1 nitrogen and oxygen atoms in total. The van der Waals surface area contributed by atoms with Gasteiger partial charge in [-0.25, -0.2) is 0 Å². The maximum atomic E-state index is 3.54. The van der Waals surface area contributed by atoms with Crippen LogP contribution in [0.5, 0.6) is 0 Å². The topological polar surface area (TPSA) is 3.24 Å². The van der Waals surface area contributed by atoms with Crippen molar-refractivity contribution in [1.29, 1.82) is 0 Å². The molecule has 2 rings (SSSR count). The molecule has 0 spiro atoms. The van der Waals surface area contributed by atoms with Crippen LogP contribution in [-0.4, -0.2) is 18.4 Å². The van der Waals surface area contributed by atoms with Gasteiger partial charge in [0.05, 0.1) is 0 Å². The van der Waals surface area contributed by atoms with E-state index in [2.05, 4.69) is 59.8 Å². The Morgan fingerprint density at radius 3 is 2.81 bits per heavy atom. The van der Waals surface area contributed by atoms with Gasteiger partial charge in [-0.15, -0.1) is 0 Å². The van der Waals surface area contributed by atoms with Crippen molar-refractivity contribution in [1.82, 2.24) is 0 Å². The van der Waals surface area contributed by atoms with Crippen LogP contribution in [0, 0.1) is 6.92 Å². The summed E-state index contributed by atoms with van der Waals surface area (Å²) in [4.78, 5) is 2.50. The molecule has 16 heavy (non-hydrogen) atoms. The van der Waals surface area contributed by atoms with Gasteiger partial charge in [0.15, 0.2) is 0 Å². The first-order valence-electron chi connectivity index (χ1n) is 5.96. The van der Waals surface area contributed by atoms with Gasteiger partial charge in [0.1, 0.15) is 0 Å². The average Bonchev–Trinajstić information content (AvgIpc) is 2.22. The fraction of sp³-hybridized carbons (Fsp3) is 0.571. The molecule has 0 radical (unpaired) electrons. The van der Waals surface area contributed by atoms with Gasteiger partial charge in [0.25, 0.3) is 0 Å². The first kappa shape index (κ1) is 12.0. The summed E-state index contributed by atoms with van der Waals surface area (Å²) in [7, 11) is 0. The summed E-state index contributed by atoms with van der Waals surface area (Å²) in [5.74, 6) is 0. The SMILES string of the molecule is Cc1ccc2c(c1)N(CCBr)CCC2(C)C. The van der Waals surface area contributed by atoms with E-state index in [1.54, 1.807) is 0 Å². The van der Waals surface area contributed by atoms with Crippen LogP contribution in [0.15, 0.2) is 18.2 Å². The van der Waals surface area contributed by atoms with Gasteiger partial charge in [-0.05, 0) is 36.0 Å². The minimum absolute atomic E-state index is 0.325. The number of hydrogen-bond acceptors (Lipinski definition) is 1. The number of fused-ring (bicyclic) bond motifs is 1. The molecule has 1 heterocycles. The summed E-state index contributed by atoms with van der Waals surface area (Å²) in [6.45, 7) is 9.16. The summed E-state index contributed by atoms with van der Waals surface area (Å²) < 4.78 is 0. The first-order valence-corrected chi connectivity index (χ1v) is 7.09. The molecule has 0 saturated heterocycles. The Kier molecular flexibility index (Phi) is 3.29. The number of hydrogen-bond donors (Lipinski definition) is 0. The van der Waals surface area contributed by atoms with Crippen molar-refractivity contribution in [2.24, 2.45) is 0 Å². The van der Waals surface area contributed by atoms with E-state index in [9.17, 15) is 0 Å². The fourth-order valence-corrected chi connectivity index (χ4v) is 2.91. The largest absolute Gasteiger partial charge is 0.370 e. The molecule has 0 amide bonds. The van der Waals surface area contributed by atoms with E-state index in [4.69, 9.17) is 0 Å². The quantitative estimate of drug-likeness (QED) is 0.744. The minimum Gasteiger partial charge on any atom is -0.370 e. The van der Waals surface area contributed by atoms with E-state index < -0.39 is 0 Å². The number of anilines is 1. The summed E-state index contributed by atoms with van der Waals surface area (Å²) in [6, 6.07) is 6.88. The lowest BCUT2D eigenvalue weighted by Crippen LogP contribution is -2.38. The van der Waals surface area contributed by atoms with Gasteiger partial charge in [-0.3, -0.25) is 0 Å². The third-order valence-corrected chi connectivity index (χ3v) is 3.94. The molecule has 0 fully saturated rings. The highest BCUT2D eigenvalue weighted by molar-refractivity contribution is 9.09. The van der Waals surface area contributed by atoms with Crippen LogP contribution in [0.3, 0.4) is 0 Å². The summed E-state index contributed by atoms with van der Waals surface area (Å²) in [6.07, 6.45) is 1.25. The standard InChI is InChI=1S/C14H20BrN/c1-11-4-5-12-13(10-11)16(9-7-15)8-6-14(12,2)3/h4-5,10H,6-9H2,1-3H3. The van der Waals surface area contributed by atoms with Crippen molar-refractivity contribution in [2.75, 3.05) is 23.3 Å². The minimum atomic E-state index is 0.325. The molecule has 0 bridgehead atoms. The average molecular weight is 282 g/mol. The molecule has 1 aromatic carbocycles. The Bertz CT molecular complexity index is 384. The molecule has 1 aromatic rings. The zero-order valence-electron chi connectivity index (χ0n) is 10.4. The van der Waals surface area contributed by atoms with Gasteiger partial charge >= 0.3 is 0 Å². The summed E-state index contributed by atoms with van der Waals surface area (Å²) in [5.41, 5.74) is 4.63. The van der Waals surface area contributed by atoms with Crippen LogP contribution in [-0.2, 0) is 5.41 Å². The van der Waals surface area contributed by atoms with Gasteiger partial charge in [-0.1, -0.05) is 41.9 Å². The van der Waals surface area contributed by atoms with Crippen LogP contribution in [0.25, 0.3) is 0 Å². The number of nitrogens with zero attached hydrogens (tertiary/aromatic N) is 1. The lowest BCUT2D eigenvalue weighted by atomic mass is 9.77. The van der Waals surface area contributed by atoms with E-state index in [-0.39, 0.29) is 0 Å². The second-order valence-electron chi connectivity index (χ2n) is 5.33. The van der Waals surface area contributed by atoms with Crippen LogP contribution in [0.4, 0.5) is 5.69 Å². The highest BCUT2D eigenvalue weighted by Gasteiger charge is 2.30. The van der Waals surface area contributed by atoms with Crippen LogP contribution < -0.4 is 4.90 Å². The zero-order chi connectivity index (χ0) is 11.8. The number of aryl methyl sites for hydroxylation is 1. The van der Waals surface area contributed by atoms with Gasteiger partial charge in [0.2, 0.25) is 0 Å². The molecule has 0 unspecified atom stereocenters. The normalized spacial score (nSPS) is 18.4. The van der Waals surface area contributed by atoms with E-state index in [1.165, 1.54) is 29.8 Å². The van der Waals surface area contributed by atoms with Crippen molar-refractivity contribution in [3.05, 3.63) is 29.3 Å². The number of rotatable bonds is 2. The van der Waals surface area contributed by atoms with Gasteiger partial charge < -0.3 is 4.90 Å². The number of benzene rings is 1. The monoisotopic (exact) mass is 281 g/mol. The van der Waals surface area contributed by atoms with Crippen LogP contribution in [0.2, 0.25) is 0 Å². The number of halogens is 1. The Labute approximate surface area is 107 Å². The second-order valence-corrected chi connectivity index (χ2v) is 6.12. The zero-order valence-corrected chi connectivity index (χ0v) is 12.0. The Balaban J connectivity index is 2.45. The number of alkyl halides is 1. The summed E-state index contributed by atoms with van der Waals surface area (Å²) >= 11 is 3.54. The lowest BCUT2D eigenvalue weighted by Gasteiger charge is -2.40. The lowest BCUT2D eigenvalue weighted by molar-refractivity contribution is 0.456. The van der Waals surface area contributed by atoms with E-state index in [0.717, 1.165) is 11.9 Å². The highest BCUT2D eigenvalue weighted by atomic mass is 79.9. The maximum absolute atomic E-state index is 3.54. The Morgan fingerprint density at radius 1 is 1.38 bits per heavy atom. The van der Waals surface area contributed by atoms with Crippen molar-refractivity contribution in [3.8, 4) is 0 Å². The predicted molar refractivity (Wildman–Crippen MR) is 74.8 cm³/mol. The van der Waals surface area contributed by atoms with Crippen molar-refractivity contribution >= 4 is 21.6 Å². The molecule has 2 heteroatoms. The molecule has 0 N–H and O–H groups in total. The van der Waals surface area contributed by atoms with Crippen LogP contribution in [0.1, 0.15) is 31.4 Å². The third kappa shape index (κ3) is 2.13. The maximum Gasteiger partial charge on any atom is 0.0407 e. The first-order chi connectivity index (χ1) is 7.54. The van der Waals surface area contributed by atoms with Gasteiger partial charge in [-0.2, -0.15) is 0 Å². The molecule has 0 aromatic heterocycles. The summed E-state index contributed by atoms with van der Waals surface area (Å²) in [5, 5.41) is 1.04. The molecule has 0 aliphatic carbocycles. The van der Waals surface area contributed by atoms with E-state index in [1.807, 2.05) is 0 Å². The van der Waals surface area contributed by atoms with Crippen LogP contribution >= 0.6 is 15.9 Å². The molecule has 1 aliphatic heterocycles. The van der Waals surface area contributed by atoms with Gasteiger partial charge in [0, 0.05) is 24.1 Å². The predicted octanol–water partition coefficient (Wildman–Crippen LogP) is 3.88. The fourth-order valence-electron chi connectivity index (χ4n) is 2.48. The van der Waals surface area contributed by atoms with E-state index in [0.29, 0.717) is 5.41 Å². The van der Waals surface area contributed by atoms with Crippen molar-refractivity contribution in [2.45, 2.75) is 32.6 Å². The Morgan fingerprint density at radius 2 is 2.12 bits per heavy atom. The van der Waals surface area contributed by atoms with E-state index >= 15 is 0 Å². The molecule has 88 valence electrons. The smallest absolute Gasteiger partial charge is 0.0407 e. The second kappa shape index (κ2) is 4.40. The molecule has 0 saturated carbocycles. The third-order valence-electron chi connectivity index (χ3n) is 3.58. The molecule has 0 atom stereocenters. The van der Waals surface area contributed by atoms with Crippen molar-refractivity contribution in [3.63, 3.8) is 0 Å². The highest BCUT2D eigenvalue weighted by Crippen LogP contribution is 2.39. The molecular weight excluding hydrogens is 262 g/mol. The Hall–Kier alpha value is -0.500. The molecule has 1 aliphatic rings. The molecular formula is C14H20BrN.